The molecule has 0 spiro atoms. The maximum absolute atomic E-state index is 10.9. The van der Waals surface area contributed by atoms with Crippen LogP contribution in [0.2, 0.25) is 5.02 Å². The number of rotatable bonds is 5. The highest BCUT2D eigenvalue weighted by atomic mass is 35.5. The van der Waals surface area contributed by atoms with Crippen LogP contribution in [-0.4, -0.2) is 20.6 Å². The third kappa shape index (κ3) is 3.26. The van der Waals surface area contributed by atoms with Gasteiger partial charge >= 0.3 is 5.97 Å². The first kappa shape index (κ1) is 13.4. The normalized spacial score (nSPS) is 10.4. The summed E-state index contributed by atoms with van der Waals surface area (Å²) in [4.78, 5) is 14.9. The van der Waals surface area contributed by atoms with E-state index in [2.05, 4.69) is 4.98 Å². The Labute approximate surface area is 115 Å². The van der Waals surface area contributed by atoms with Gasteiger partial charge in [-0.2, -0.15) is 0 Å². The van der Waals surface area contributed by atoms with E-state index in [0.717, 1.165) is 0 Å². The molecule has 0 aliphatic heterocycles. The van der Waals surface area contributed by atoms with Crippen molar-refractivity contribution in [1.82, 2.24) is 9.55 Å². The summed E-state index contributed by atoms with van der Waals surface area (Å²) < 4.78 is 7.30. The number of hydrogen-bond donors (Lipinski definition) is 1. The first-order valence-electron chi connectivity index (χ1n) is 5.78. The summed E-state index contributed by atoms with van der Waals surface area (Å²) in [7, 11) is 0. The SMILES string of the molecule is CCn1cc(C(=O)O)nc1COc1ccc(Cl)cc1. The number of nitrogens with zero attached hydrogens (tertiary/aromatic N) is 2. The second-order valence-electron chi connectivity index (χ2n) is 3.88. The van der Waals surface area contributed by atoms with Gasteiger partial charge in [-0.25, -0.2) is 9.78 Å². The highest BCUT2D eigenvalue weighted by Crippen LogP contribution is 2.17. The van der Waals surface area contributed by atoms with Crippen LogP contribution in [0.3, 0.4) is 0 Å². The van der Waals surface area contributed by atoms with E-state index in [1.807, 2.05) is 6.92 Å². The number of aromatic nitrogens is 2. The van der Waals surface area contributed by atoms with Gasteiger partial charge in [-0.1, -0.05) is 11.6 Å². The number of carboxylic acid groups (broad SMARTS) is 1. The minimum atomic E-state index is -1.04. The Hall–Kier alpha value is -2.01. The maximum Gasteiger partial charge on any atom is 0.356 e. The Bertz CT molecular complexity index is 578. The Morgan fingerprint density at radius 2 is 2.11 bits per heavy atom. The standard InChI is InChI=1S/C13H13ClN2O3/c1-2-16-7-11(13(17)18)15-12(16)8-19-10-5-3-9(14)4-6-10/h3-7H,2,8H2,1H3,(H,17,18). The summed E-state index contributed by atoms with van der Waals surface area (Å²) in [6.45, 7) is 2.77. The number of ether oxygens (including phenoxy) is 1. The molecule has 100 valence electrons. The van der Waals surface area contributed by atoms with E-state index < -0.39 is 5.97 Å². The third-order valence-corrected chi connectivity index (χ3v) is 2.85. The monoisotopic (exact) mass is 280 g/mol. The van der Waals surface area contributed by atoms with Crippen molar-refractivity contribution in [1.29, 1.82) is 0 Å². The van der Waals surface area contributed by atoms with Gasteiger partial charge in [-0.3, -0.25) is 0 Å². The third-order valence-electron chi connectivity index (χ3n) is 2.60. The van der Waals surface area contributed by atoms with E-state index >= 15 is 0 Å². The van der Waals surface area contributed by atoms with Crippen molar-refractivity contribution >= 4 is 17.6 Å². The fourth-order valence-electron chi connectivity index (χ4n) is 1.62. The number of benzene rings is 1. The number of aryl methyl sites for hydroxylation is 1. The summed E-state index contributed by atoms with van der Waals surface area (Å²) >= 11 is 5.78. The van der Waals surface area contributed by atoms with Crippen molar-refractivity contribution in [2.75, 3.05) is 0 Å². The van der Waals surface area contributed by atoms with E-state index in [1.54, 1.807) is 28.8 Å². The van der Waals surface area contributed by atoms with Gasteiger partial charge in [0.05, 0.1) is 0 Å². The van der Waals surface area contributed by atoms with Crippen LogP contribution >= 0.6 is 11.6 Å². The summed E-state index contributed by atoms with van der Waals surface area (Å²) in [5.74, 6) is 0.196. The lowest BCUT2D eigenvalue weighted by molar-refractivity contribution is 0.0690. The van der Waals surface area contributed by atoms with Crippen molar-refractivity contribution in [3.05, 3.63) is 47.0 Å². The van der Waals surface area contributed by atoms with Gasteiger partial charge in [-0.15, -0.1) is 0 Å². The van der Waals surface area contributed by atoms with E-state index in [0.29, 0.717) is 23.1 Å². The molecule has 1 heterocycles. The minimum Gasteiger partial charge on any atom is -0.486 e. The van der Waals surface area contributed by atoms with Gasteiger partial charge < -0.3 is 14.4 Å². The molecule has 0 saturated carbocycles. The topological polar surface area (TPSA) is 64.4 Å². The smallest absolute Gasteiger partial charge is 0.356 e. The molecular formula is C13H13ClN2O3. The number of carboxylic acids is 1. The van der Waals surface area contributed by atoms with Gasteiger partial charge in [-0.05, 0) is 31.2 Å². The second-order valence-corrected chi connectivity index (χ2v) is 4.31. The number of imidazole rings is 1. The van der Waals surface area contributed by atoms with Crippen molar-refractivity contribution in [2.45, 2.75) is 20.1 Å². The fraction of sp³-hybridized carbons (Fsp3) is 0.231. The molecule has 0 unspecified atom stereocenters. The minimum absolute atomic E-state index is 0.0246. The molecule has 2 aromatic rings. The van der Waals surface area contributed by atoms with Crippen LogP contribution in [0.4, 0.5) is 0 Å². The van der Waals surface area contributed by atoms with E-state index in [1.165, 1.54) is 6.20 Å². The summed E-state index contributed by atoms with van der Waals surface area (Å²) in [5.41, 5.74) is 0.0246. The molecule has 2 rings (SSSR count). The highest BCUT2D eigenvalue weighted by molar-refractivity contribution is 6.30. The molecule has 0 amide bonds. The van der Waals surface area contributed by atoms with Crippen LogP contribution in [0.25, 0.3) is 0 Å². The van der Waals surface area contributed by atoms with Crippen molar-refractivity contribution in [3.8, 4) is 5.75 Å². The zero-order valence-corrected chi connectivity index (χ0v) is 11.1. The zero-order valence-electron chi connectivity index (χ0n) is 10.3. The Morgan fingerprint density at radius 1 is 1.42 bits per heavy atom. The average molecular weight is 281 g/mol. The van der Waals surface area contributed by atoms with E-state index in [9.17, 15) is 4.79 Å². The van der Waals surface area contributed by atoms with E-state index in [-0.39, 0.29) is 12.3 Å². The van der Waals surface area contributed by atoms with Crippen molar-refractivity contribution < 1.29 is 14.6 Å². The lowest BCUT2D eigenvalue weighted by Crippen LogP contribution is -2.05. The van der Waals surface area contributed by atoms with E-state index in [4.69, 9.17) is 21.4 Å². The second kappa shape index (κ2) is 5.75. The molecule has 0 aliphatic carbocycles. The first-order valence-corrected chi connectivity index (χ1v) is 6.15. The first-order chi connectivity index (χ1) is 9.10. The van der Waals surface area contributed by atoms with Crippen molar-refractivity contribution in [2.24, 2.45) is 0 Å². The number of carbonyl (C=O) groups is 1. The van der Waals surface area contributed by atoms with Crippen molar-refractivity contribution in [3.63, 3.8) is 0 Å². The number of halogens is 1. The number of aromatic carboxylic acids is 1. The molecule has 1 N–H and O–H groups in total. The molecule has 6 heteroatoms. The highest BCUT2D eigenvalue weighted by Gasteiger charge is 2.12. The lowest BCUT2D eigenvalue weighted by atomic mass is 10.3. The Morgan fingerprint density at radius 3 is 2.68 bits per heavy atom. The van der Waals surface area contributed by atoms with Gasteiger partial charge in [0.25, 0.3) is 0 Å². The quantitative estimate of drug-likeness (QED) is 0.915. The molecule has 0 aliphatic rings. The molecule has 0 radical (unpaired) electrons. The zero-order chi connectivity index (χ0) is 13.8. The molecule has 1 aromatic carbocycles. The summed E-state index contributed by atoms with van der Waals surface area (Å²) in [6, 6.07) is 6.96. The van der Waals surface area contributed by atoms with Crippen LogP contribution in [-0.2, 0) is 13.2 Å². The predicted molar refractivity (Wildman–Crippen MR) is 70.6 cm³/mol. The van der Waals surface area contributed by atoms with Gasteiger partial charge in [0, 0.05) is 17.8 Å². The predicted octanol–water partition coefficient (Wildman–Crippen LogP) is 2.83. The molecule has 0 fully saturated rings. The molecule has 19 heavy (non-hydrogen) atoms. The average Bonchev–Trinajstić information content (AvgIpc) is 2.81. The summed E-state index contributed by atoms with van der Waals surface area (Å²) in [5, 5.41) is 9.54. The summed E-state index contributed by atoms with van der Waals surface area (Å²) in [6.07, 6.45) is 1.50. The maximum atomic E-state index is 10.9. The molecule has 1 aromatic heterocycles. The molecule has 0 atom stereocenters. The molecule has 5 nitrogen and oxygen atoms in total. The largest absolute Gasteiger partial charge is 0.486 e. The molecular weight excluding hydrogens is 268 g/mol. The lowest BCUT2D eigenvalue weighted by Gasteiger charge is -2.07. The molecule has 0 bridgehead atoms. The van der Waals surface area contributed by atoms with Gasteiger partial charge in [0.15, 0.2) is 5.69 Å². The Kier molecular flexibility index (Phi) is 4.06. The van der Waals surface area contributed by atoms with Crippen LogP contribution in [0.15, 0.2) is 30.5 Å². The fourth-order valence-corrected chi connectivity index (χ4v) is 1.75. The van der Waals surface area contributed by atoms with Gasteiger partial charge in [0.1, 0.15) is 18.2 Å². The number of hydrogen-bond acceptors (Lipinski definition) is 3. The van der Waals surface area contributed by atoms with Crippen LogP contribution in [0.5, 0.6) is 5.75 Å². The van der Waals surface area contributed by atoms with Gasteiger partial charge in [0.2, 0.25) is 0 Å². The van der Waals surface area contributed by atoms with Crippen LogP contribution in [0.1, 0.15) is 23.2 Å². The van der Waals surface area contributed by atoms with Crippen LogP contribution < -0.4 is 4.74 Å². The molecule has 0 saturated heterocycles. The van der Waals surface area contributed by atoms with Crippen LogP contribution in [0, 0.1) is 0 Å². The Balaban J connectivity index is 2.10.